The maximum absolute atomic E-state index is 10.7. The number of anilines is 1. The molecule has 18 heavy (non-hydrogen) atoms. The molecule has 0 radical (unpaired) electrons. The maximum atomic E-state index is 10.7. The molecule has 6 nitrogen and oxygen atoms in total. The van der Waals surface area contributed by atoms with Crippen molar-refractivity contribution in [2.24, 2.45) is 0 Å². The fourth-order valence-electron chi connectivity index (χ4n) is 1.13. The molecule has 0 fully saturated rings. The van der Waals surface area contributed by atoms with E-state index in [9.17, 15) is 15.2 Å². The Hall–Kier alpha value is -1.40. The van der Waals surface area contributed by atoms with E-state index in [1.165, 1.54) is 12.1 Å². The van der Waals surface area contributed by atoms with Gasteiger partial charge in [-0.25, -0.2) is 4.98 Å². The lowest BCUT2D eigenvalue weighted by atomic mass is 9.86. The second kappa shape index (κ2) is 4.70. The molecular formula is C11H16ClN3O3. The predicted molar refractivity (Wildman–Crippen MR) is 69.9 cm³/mol. The van der Waals surface area contributed by atoms with Gasteiger partial charge in [0.15, 0.2) is 0 Å². The number of aromatic nitrogens is 1. The Balaban J connectivity index is 3.09. The molecule has 0 saturated carbocycles. The Morgan fingerprint density at radius 1 is 1.39 bits per heavy atom. The molecule has 0 atom stereocenters. The molecule has 1 heterocycles. The lowest BCUT2D eigenvalue weighted by molar-refractivity contribution is -0.384. The summed E-state index contributed by atoms with van der Waals surface area (Å²) in [6.45, 7) is 6.81. The van der Waals surface area contributed by atoms with Crippen LogP contribution < -0.4 is 5.32 Å². The minimum Gasteiger partial charge on any atom is -0.388 e. The highest BCUT2D eigenvalue weighted by atomic mass is 35.5. The summed E-state index contributed by atoms with van der Waals surface area (Å²) in [5.41, 5.74) is -1.91. The monoisotopic (exact) mass is 273 g/mol. The van der Waals surface area contributed by atoms with E-state index >= 15 is 0 Å². The largest absolute Gasteiger partial charge is 0.388 e. The molecule has 1 aromatic heterocycles. The molecule has 0 unspecified atom stereocenters. The van der Waals surface area contributed by atoms with Crippen LogP contribution in [-0.2, 0) is 0 Å². The molecule has 0 aliphatic heterocycles. The van der Waals surface area contributed by atoms with Crippen molar-refractivity contribution < 1.29 is 10.0 Å². The fraction of sp³-hybridized carbons (Fsp3) is 0.545. The van der Waals surface area contributed by atoms with Gasteiger partial charge in [0.1, 0.15) is 11.0 Å². The first-order valence-electron chi connectivity index (χ1n) is 5.35. The highest BCUT2D eigenvalue weighted by molar-refractivity contribution is 6.29. The van der Waals surface area contributed by atoms with Gasteiger partial charge in [-0.1, -0.05) is 11.6 Å². The first kappa shape index (κ1) is 14.7. The fourth-order valence-corrected chi connectivity index (χ4v) is 1.33. The van der Waals surface area contributed by atoms with Crippen LogP contribution in [0.3, 0.4) is 0 Å². The van der Waals surface area contributed by atoms with Crippen LogP contribution in [0.4, 0.5) is 11.5 Å². The average molecular weight is 274 g/mol. The van der Waals surface area contributed by atoms with Crippen molar-refractivity contribution in [3.8, 4) is 0 Å². The van der Waals surface area contributed by atoms with Gasteiger partial charge in [-0.15, -0.1) is 0 Å². The van der Waals surface area contributed by atoms with Crippen LogP contribution in [0.15, 0.2) is 12.1 Å². The summed E-state index contributed by atoms with van der Waals surface area (Å²) in [5, 5.41) is 23.7. The summed E-state index contributed by atoms with van der Waals surface area (Å²) in [7, 11) is 0. The van der Waals surface area contributed by atoms with Crippen LogP contribution in [0, 0.1) is 10.1 Å². The molecule has 0 aliphatic carbocycles. The van der Waals surface area contributed by atoms with E-state index in [1.807, 2.05) is 0 Å². The van der Waals surface area contributed by atoms with Crippen molar-refractivity contribution in [2.45, 2.75) is 38.8 Å². The molecule has 0 spiro atoms. The summed E-state index contributed by atoms with van der Waals surface area (Å²) in [5.74, 6) is 0.251. The molecule has 0 bridgehead atoms. The molecule has 0 aliphatic rings. The standard InChI is InChI=1S/C11H16ClN3O3/c1-10(2,11(3,4)16)14-9-6-7(15(17)18)5-8(12)13-9/h5-6,16H,1-4H3,(H,13,14). The number of nitrogens with zero attached hydrogens (tertiary/aromatic N) is 2. The number of pyridine rings is 1. The summed E-state index contributed by atoms with van der Waals surface area (Å²) in [6, 6.07) is 2.45. The highest BCUT2D eigenvalue weighted by Gasteiger charge is 2.35. The summed E-state index contributed by atoms with van der Waals surface area (Å²) in [6.07, 6.45) is 0. The van der Waals surface area contributed by atoms with E-state index in [1.54, 1.807) is 27.7 Å². The van der Waals surface area contributed by atoms with Crippen molar-refractivity contribution in [1.29, 1.82) is 0 Å². The zero-order chi connectivity index (χ0) is 14.1. The van der Waals surface area contributed by atoms with Crippen LogP contribution >= 0.6 is 11.6 Å². The molecule has 7 heteroatoms. The van der Waals surface area contributed by atoms with E-state index in [0.29, 0.717) is 0 Å². The Morgan fingerprint density at radius 2 is 1.94 bits per heavy atom. The van der Waals surface area contributed by atoms with Crippen LogP contribution in [-0.4, -0.2) is 26.2 Å². The van der Waals surface area contributed by atoms with Gasteiger partial charge in [0.2, 0.25) is 0 Å². The topological polar surface area (TPSA) is 88.3 Å². The van der Waals surface area contributed by atoms with Crippen LogP contribution in [0.25, 0.3) is 0 Å². The van der Waals surface area contributed by atoms with Crippen LogP contribution in [0.2, 0.25) is 5.15 Å². The Bertz CT molecular complexity index is 469. The van der Waals surface area contributed by atoms with Gasteiger partial charge >= 0.3 is 0 Å². The molecule has 0 amide bonds. The van der Waals surface area contributed by atoms with E-state index < -0.39 is 16.1 Å². The molecule has 100 valence electrons. The van der Waals surface area contributed by atoms with Gasteiger partial charge in [-0.3, -0.25) is 10.1 Å². The smallest absolute Gasteiger partial charge is 0.276 e. The summed E-state index contributed by atoms with van der Waals surface area (Å²) < 4.78 is 0. The zero-order valence-corrected chi connectivity index (χ0v) is 11.4. The average Bonchev–Trinajstić information content (AvgIpc) is 2.13. The van der Waals surface area contributed by atoms with Gasteiger partial charge in [0, 0.05) is 0 Å². The number of nitro groups is 1. The van der Waals surface area contributed by atoms with Crippen LogP contribution in [0.1, 0.15) is 27.7 Å². The molecular weight excluding hydrogens is 258 g/mol. The molecule has 0 saturated heterocycles. The lowest BCUT2D eigenvalue weighted by Crippen LogP contribution is -2.51. The zero-order valence-electron chi connectivity index (χ0n) is 10.7. The van der Waals surface area contributed by atoms with Crippen molar-refractivity contribution in [2.75, 3.05) is 5.32 Å². The number of halogens is 1. The van der Waals surface area contributed by atoms with Gasteiger partial charge in [0.25, 0.3) is 5.69 Å². The minimum absolute atomic E-state index is 0.0262. The second-order valence-corrected chi connectivity index (χ2v) is 5.49. The van der Waals surface area contributed by atoms with Crippen molar-refractivity contribution in [1.82, 2.24) is 4.98 Å². The lowest BCUT2D eigenvalue weighted by Gasteiger charge is -2.38. The van der Waals surface area contributed by atoms with Gasteiger partial charge in [-0.2, -0.15) is 0 Å². The molecule has 0 aromatic carbocycles. The normalized spacial score (nSPS) is 12.3. The Morgan fingerprint density at radius 3 is 2.39 bits per heavy atom. The van der Waals surface area contributed by atoms with Gasteiger partial charge < -0.3 is 10.4 Å². The summed E-state index contributed by atoms with van der Waals surface area (Å²) >= 11 is 5.72. The minimum atomic E-state index is -1.04. The molecule has 2 N–H and O–H groups in total. The quantitative estimate of drug-likeness (QED) is 0.500. The highest BCUT2D eigenvalue weighted by Crippen LogP contribution is 2.28. The summed E-state index contributed by atoms with van der Waals surface area (Å²) in [4.78, 5) is 14.1. The van der Waals surface area contributed by atoms with E-state index in [4.69, 9.17) is 11.6 Å². The van der Waals surface area contributed by atoms with E-state index in [-0.39, 0.29) is 16.7 Å². The number of rotatable bonds is 4. The van der Waals surface area contributed by atoms with Crippen molar-refractivity contribution in [3.63, 3.8) is 0 Å². The number of hydrogen-bond donors (Lipinski definition) is 2. The molecule has 1 aromatic rings. The predicted octanol–water partition coefficient (Wildman–Crippen LogP) is 2.60. The first-order chi connectivity index (χ1) is 8.03. The third-order valence-corrected chi connectivity index (χ3v) is 3.15. The maximum Gasteiger partial charge on any atom is 0.276 e. The number of hydrogen-bond acceptors (Lipinski definition) is 5. The second-order valence-electron chi connectivity index (χ2n) is 5.10. The van der Waals surface area contributed by atoms with Gasteiger partial charge in [0.05, 0.1) is 28.2 Å². The third-order valence-electron chi connectivity index (χ3n) is 2.96. The van der Waals surface area contributed by atoms with E-state index in [2.05, 4.69) is 10.3 Å². The Labute approximate surface area is 110 Å². The third kappa shape index (κ3) is 3.30. The van der Waals surface area contributed by atoms with Crippen molar-refractivity contribution in [3.05, 3.63) is 27.4 Å². The molecule has 1 rings (SSSR count). The van der Waals surface area contributed by atoms with E-state index in [0.717, 1.165) is 0 Å². The van der Waals surface area contributed by atoms with Crippen molar-refractivity contribution >= 4 is 23.1 Å². The SMILES string of the molecule is CC(C)(O)C(C)(C)Nc1cc([N+](=O)[O-])cc(Cl)n1. The van der Waals surface area contributed by atoms with Crippen LogP contribution in [0.5, 0.6) is 0 Å². The number of nitrogens with one attached hydrogen (secondary N) is 1. The van der Waals surface area contributed by atoms with Gasteiger partial charge in [-0.05, 0) is 27.7 Å². The first-order valence-corrected chi connectivity index (χ1v) is 5.73. The number of aliphatic hydroxyl groups is 1. The Kier molecular flexibility index (Phi) is 3.83.